The first kappa shape index (κ1) is 8.97. The maximum atomic E-state index is 5.86. The summed E-state index contributed by atoms with van der Waals surface area (Å²) in [6.07, 6.45) is 1.29. The van der Waals surface area contributed by atoms with Gasteiger partial charge in [-0.1, -0.05) is 0 Å². The molecule has 11 heavy (non-hydrogen) atoms. The van der Waals surface area contributed by atoms with Crippen molar-refractivity contribution in [1.82, 2.24) is 4.90 Å². The Balaban J connectivity index is 2.45. The lowest BCUT2D eigenvalue weighted by molar-refractivity contribution is 0.134. The first-order valence-corrected chi connectivity index (χ1v) is 4.13. The van der Waals surface area contributed by atoms with Crippen LogP contribution >= 0.6 is 0 Å². The first-order valence-electron chi connectivity index (χ1n) is 4.13. The van der Waals surface area contributed by atoms with Gasteiger partial charge in [-0.05, 0) is 20.4 Å². The summed E-state index contributed by atoms with van der Waals surface area (Å²) in [6, 6.07) is 0.560. The minimum atomic E-state index is 0.227. The smallest absolute Gasteiger partial charge is 0.0575 e. The van der Waals surface area contributed by atoms with Gasteiger partial charge < -0.3 is 10.5 Å². The Bertz CT molecular complexity index is 129. The summed E-state index contributed by atoms with van der Waals surface area (Å²) >= 11 is 0. The van der Waals surface area contributed by atoms with Gasteiger partial charge in [0.1, 0.15) is 0 Å². The number of hydrogen-bond donors (Lipinski definition) is 1. The molecule has 3 atom stereocenters. The Labute approximate surface area is 68.5 Å². The van der Waals surface area contributed by atoms with Crippen LogP contribution < -0.4 is 5.73 Å². The predicted molar refractivity (Wildman–Crippen MR) is 45.2 cm³/mol. The van der Waals surface area contributed by atoms with Crippen LogP contribution in [0, 0.1) is 5.92 Å². The molecule has 0 radical (unpaired) electrons. The molecule has 0 bridgehead atoms. The number of nitrogens with zero attached hydrogens (tertiary/aromatic N) is 1. The van der Waals surface area contributed by atoms with Crippen LogP contribution in [0.25, 0.3) is 0 Å². The number of rotatable bonds is 2. The van der Waals surface area contributed by atoms with Gasteiger partial charge in [0.15, 0.2) is 0 Å². The highest BCUT2D eigenvalue weighted by atomic mass is 16.5. The van der Waals surface area contributed by atoms with E-state index < -0.39 is 0 Å². The fraction of sp³-hybridized carbons (Fsp3) is 1.00. The molecular weight excluding hydrogens is 140 g/mol. The second-order valence-corrected chi connectivity index (χ2v) is 3.42. The molecule has 1 aliphatic heterocycles. The van der Waals surface area contributed by atoms with Crippen molar-refractivity contribution in [2.24, 2.45) is 11.7 Å². The molecule has 3 unspecified atom stereocenters. The van der Waals surface area contributed by atoms with Gasteiger partial charge in [0.25, 0.3) is 0 Å². The van der Waals surface area contributed by atoms with Gasteiger partial charge in [-0.3, -0.25) is 4.90 Å². The summed E-state index contributed by atoms with van der Waals surface area (Å²) in [4.78, 5) is 2.21. The van der Waals surface area contributed by atoms with E-state index in [1.807, 2.05) is 0 Å². The average Bonchev–Trinajstić information content (AvgIpc) is 2.19. The van der Waals surface area contributed by atoms with Gasteiger partial charge in [0.05, 0.1) is 12.8 Å². The third kappa shape index (κ3) is 1.72. The fourth-order valence-corrected chi connectivity index (χ4v) is 1.73. The van der Waals surface area contributed by atoms with E-state index >= 15 is 0 Å². The largest absolute Gasteiger partial charge is 0.384 e. The predicted octanol–water partition coefficient (Wildman–Crippen LogP) is 0.258. The number of methoxy groups -OCH3 is 1. The Kier molecular flexibility index (Phi) is 2.87. The summed E-state index contributed by atoms with van der Waals surface area (Å²) in [5.74, 6) is 0.611. The molecule has 1 fully saturated rings. The van der Waals surface area contributed by atoms with E-state index in [1.54, 1.807) is 7.11 Å². The van der Waals surface area contributed by atoms with Crippen LogP contribution in [0.1, 0.15) is 13.3 Å². The summed E-state index contributed by atoms with van der Waals surface area (Å²) in [5.41, 5.74) is 5.86. The van der Waals surface area contributed by atoms with Crippen LogP contribution in [0.3, 0.4) is 0 Å². The van der Waals surface area contributed by atoms with Crippen molar-refractivity contribution >= 4 is 0 Å². The van der Waals surface area contributed by atoms with Crippen molar-refractivity contribution in [2.75, 3.05) is 20.8 Å². The van der Waals surface area contributed by atoms with Crippen molar-refractivity contribution in [2.45, 2.75) is 25.6 Å². The van der Waals surface area contributed by atoms with E-state index in [-0.39, 0.29) is 6.17 Å². The average molecular weight is 158 g/mol. The summed E-state index contributed by atoms with van der Waals surface area (Å²) in [7, 11) is 3.82. The summed E-state index contributed by atoms with van der Waals surface area (Å²) in [5, 5.41) is 0. The molecule has 0 aliphatic carbocycles. The molecule has 3 heteroatoms. The standard InChI is InChI=1S/C8H18N2O/c1-6-7(5-11-3)4-8(9)10(6)2/h6-8H,4-5,9H2,1-3H3. The summed E-state index contributed by atoms with van der Waals surface area (Å²) < 4.78 is 5.11. The molecule has 66 valence electrons. The molecule has 0 amide bonds. The third-order valence-electron chi connectivity index (χ3n) is 2.77. The zero-order chi connectivity index (χ0) is 8.43. The zero-order valence-electron chi connectivity index (χ0n) is 7.58. The second-order valence-electron chi connectivity index (χ2n) is 3.42. The topological polar surface area (TPSA) is 38.5 Å². The molecule has 0 aromatic rings. The Hall–Kier alpha value is -0.120. The number of ether oxygens (including phenoxy) is 1. The van der Waals surface area contributed by atoms with Gasteiger partial charge in [-0.2, -0.15) is 0 Å². The van der Waals surface area contributed by atoms with E-state index in [4.69, 9.17) is 10.5 Å². The lowest BCUT2D eigenvalue weighted by Gasteiger charge is -2.21. The van der Waals surface area contributed by atoms with Gasteiger partial charge in [-0.25, -0.2) is 0 Å². The van der Waals surface area contributed by atoms with Crippen molar-refractivity contribution < 1.29 is 4.74 Å². The van der Waals surface area contributed by atoms with E-state index in [2.05, 4.69) is 18.9 Å². The van der Waals surface area contributed by atoms with E-state index in [1.165, 1.54) is 0 Å². The minimum absolute atomic E-state index is 0.227. The number of likely N-dealkylation sites (tertiary alicyclic amines) is 1. The molecule has 3 nitrogen and oxygen atoms in total. The van der Waals surface area contributed by atoms with E-state index in [9.17, 15) is 0 Å². The number of hydrogen-bond acceptors (Lipinski definition) is 3. The van der Waals surface area contributed by atoms with Gasteiger partial charge in [-0.15, -0.1) is 0 Å². The molecule has 0 spiro atoms. The van der Waals surface area contributed by atoms with Crippen LogP contribution in [0.4, 0.5) is 0 Å². The highest BCUT2D eigenvalue weighted by molar-refractivity contribution is 4.86. The molecular formula is C8H18N2O. The molecule has 1 aliphatic rings. The van der Waals surface area contributed by atoms with Crippen molar-refractivity contribution in [3.8, 4) is 0 Å². The van der Waals surface area contributed by atoms with E-state index in [0.29, 0.717) is 12.0 Å². The first-order chi connectivity index (χ1) is 5.16. The Morgan fingerprint density at radius 2 is 2.27 bits per heavy atom. The third-order valence-corrected chi connectivity index (χ3v) is 2.77. The molecule has 1 rings (SSSR count). The zero-order valence-corrected chi connectivity index (χ0v) is 7.58. The van der Waals surface area contributed by atoms with Gasteiger partial charge in [0.2, 0.25) is 0 Å². The minimum Gasteiger partial charge on any atom is -0.384 e. The molecule has 0 saturated carbocycles. The molecule has 1 saturated heterocycles. The molecule has 2 N–H and O–H groups in total. The van der Waals surface area contributed by atoms with E-state index in [0.717, 1.165) is 13.0 Å². The normalized spacial score (nSPS) is 39.8. The van der Waals surface area contributed by atoms with Crippen LogP contribution in [0.2, 0.25) is 0 Å². The second kappa shape index (κ2) is 3.52. The SMILES string of the molecule is COCC1CC(N)N(C)C1C. The Morgan fingerprint density at radius 1 is 1.64 bits per heavy atom. The van der Waals surface area contributed by atoms with Crippen molar-refractivity contribution in [1.29, 1.82) is 0 Å². The Morgan fingerprint density at radius 3 is 2.64 bits per heavy atom. The number of nitrogens with two attached hydrogens (primary N) is 1. The summed E-state index contributed by atoms with van der Waals surface area (Å²) in [6.45, 7) is 3.04. The van der Waals surface area contributed by atoms with Crippen LogP contribution in [-0.4, -0.2) is 37.9 Å². The quantitative estimate of drug-likeness (QED) is 0.626. The van der Waals surface area contributed by atoms with Gasteiger partial charge >= 0.3 is 0 Å². The van der Waals surface area contributed by atoms with Crippen LogP contribution in [-0.2, 0) is 4.74 Å². The molecule has 1 heterocycles. The van der Waals surface area contributed by atoms with Crippen molar-refractivity contribution in [3.05, 3.63) is 0 Å². The monoisotopic (exact) mass is 158 g/mol. The molecule has 0 aromatic carbocycles. The lowest BCUT2D eigenvalue weighted by Crippen LogP contribution is -2.37. The van der Waals surface area contributed by atoms with Crippen molar-refractivity contribution in [3.63, 3.8) is 0 Å². The fourth-order valence-electron chi connectivity index (χ4n) is 1.73. The molecule has 0 aromatic heterocycles. The van der Waals surface area contributed by atoms with Gasteiger partial charge in [0, 0.05) is 19.1 Å². The lowest BCUT2D eigenvalue weighted by atomic mass is 10.0. The maximum absolute atomic E-state index is 5.86. The van der Waals surface area contributed by atoms with Crippen LogP contribution in [0.5, 0.6) is 0 Å². The maximum Gasteiger partial charge on any atom is 0.0575 e. The highest BCUT2D eigenvalue weighted by Gasteiger charge is 2.33. The van der Waals surface area contributed by atoms with Crippen LogP contribution in [0.15, 0.2) is 0 Å². The highest BCUT2D eigenvalue weighted by Crippen LogP contribution is 2.25.